The Hall–Kier alpha value is 0.0300. The zero-order valence-electron chi connectivity index (χ0n) is 35.1. The fourth-order valence-electron chi connectivity index (χ4n) is 6.74. The number of rotatable bonds is 46. The standard InChI is InChI=1S/C44H93N2O4P/c1-4-7-10-12-14-16-18-20-22-24-26-28-30-32-34-36-38-45-40-43-49-51(47,48-42-9-6-3)50-44-41-46-39-37-35-33-31-29-27-25-23-21-19-17-15-13-11-8-5-2/h45-46H,4-44H2,1-3H3. The van der Waals surface area contributed by atoms with Gasteiger partial charge in [0.2, 0.25) is 0 Å². The molecule has 7 heteroatoms. The van der Waals surface area contributed by atoms with Crippen LogP contribution in [0.4, 0.5) is 0 Å². The van der Waals surface area contributed by atoms with E-state index in [1.165, 1.54) is 205 Å². The molecule has 2 N–H and O–H groups in total. The number of hydrogen-bond donors (Lipinski definition) is 2. The Balaban J connectivity index is 3.60. The minimum absolute atomic E-state index is 0.342. The van der Waals surface area contributed by atoms with Gasteiger partial charge in [-0.25, -0.2) is 4.57 Å². The Morgan fingerprint density at radius 1 is 0.294 bits per heavy atom. The van der Waals surface area contributed by atoms with Crippen molar-refractivity contribution in [3.05, 3.63) is 0 Å². The first-order valence-corrected chi connectivity index (χ1v) is 24.6. The molecule has 0 aromatic heterocycles. The van der Waals surface area contributed by atoms with Gasteiger partial charge < -0.3 is 10.6 Å². The average molecular weight is 745 g/mol. The van der Waals surface area contributed by atoms with E-state index in [1.54, 1.807) is 0 Å². The Kier molecular flexibility index (Phi) is 44.5. The Labute approximate surface area is 320 Å². The highest BCUT2D eigenvalue weighted by molar-refractivity contribution is 7.48. The number of hydrogen-bond acceptors (Lipinski definition) is 6. The van der Waals surface area contributed by atoms with Crippen molar-refractivity contribution in [3.63, 3.8) is 0 Å². The SMILES string of the molecule is CCCCCCCCCCCCCCCCCCNCCOP(=O)(OCCCC)OCCNCCCCCCCCCCCCCCCCCC. The molecule has 0 aromatic carbocycles. The van der Waals surface area contributed by atoms with E-state index in [9.17, 15) is 4.57 Å². The molecule has 0 aliphatic carbocycles. The first kappa shape index (κ1) is 51.0. The maximum Gasteiger partial charge on any atom is 0.474 e. The third-order valence-corrected chi connectivity index (χ3v) is 11.7. The van der Waals surface area contributed by atoms with Gasteiger partial charge in [-0.15, -0.1) is 0 Å². The Morgan fingerprint density at radius 2 is 0.529 bits per heavy atom. The second-order valence-electron chi connectivity index (χ2n) is 15.4. The van der Waals surface area contributed by atoms with Crippen LogP contribution in [-0.4, -0.2) is 46.0 Å². The van der Waals surface area contributed by atoms with E-state index in [-0.39, 0.29) is 0 Å². The summed E-state index contributed by atoms with van der Waals surface area (Å²) in [5.74, 6) is 0. The van der Waals surface area contributed by atoms with Crippen molar-refractivity contribution in [2.45, 2.75) is 239 Å². The molecular formula is C44H93N2O4P. The van der Waals surface area contributed by atoms with E-state index < -0.39 is 7.82 Å². The van der Waals surface area contributed by atoms with Crippen LogP contribution in [0.1, 0.15) is 239 Å². The molecule has 0 amide bonds. The van der Waals surface area contributed by atoms with Crippen molar-refractivity contribution in [1.82, 2.24) is 10.6 Å². The molecule has 0 saturated carbocycles. The van der Waals surface area contributed by atoms with Crippen LogP contribution in [-0.2, 0) is 18.1 Å². The molecule has 51 heavy (non-hydrogen) atoms. The minimum atomic E-state index is -3.52. The van der Waals surface area contributed by atoms with Crippen molar-refractivity contribution in [2.24, 2.45) is 0 Å². The van der Waals surface area contributed by atoms with Gasteiger partial charge in [0.1, 0.15) is 0 Å². The summed E-state index contributed by atoms with van der Waals surface area (Å²) in [7, 11) is -3.52. The average Bonchev–Trinajstić information content (AvgIpc) is 3.13. The van der Waals surface area contributed by atoms with Gasteiger partial charge >= 0.3 is 7.82 Å². The summed E-state index contributed by atoms with van der Waals surface area (Å²) >= 11 is 0. The molecule has 6 nitrogen and oxygen atoms in total. The molecule has 308 valence electrons. The summed E-state index contributed by atoms with van der Waals surface area (Å²) in [5, 5.41) is 6.87. The predicted molar refractivity (Wildman–Crippen MR) is 225 cm³/mol. The van der Waals surface area contributed by atoms with E-state index in [4.69, 9.17) is 13.6 Å². The molecule has 0 aliphatic heterocycles. The number of nitrogens with one attached hydrogen (secondary N) is 2. The molecule has 0 radical (unpaired) electrons. The highest BCUT2D eigenvalue weighted by Crippen LogP contribution is 2.49. The first-order chi connectivity index (χ1) is 25.2. The Morgan fingerprint density at radius 3 is 0.804 bits per heavy atom. The third-order valence-electron chi connectivity index (χ3n) is 10.2. The van der Waals surface area contributed by atoms with Gasteiger partial charge in [-0.1, -0.05) is 220 Å². The number of unbranched alkanes of at least 4 members (excludes halogenated alkanes) is 31. The molecule has 0 unspecified atom stereocenters. The van der Waals surface area contributed by atoms with E-state index >= 15 is 0 Å². The van der Waals surface area contributed by atoms with Crippen LogP contribution < -0.4 is 10.6 Å². The van der Waals surface area contributed by atoms with Crippen molar-refractivity contribution < 1.29 is 18.1 Å². The van der Waals surface area contributed by atoms with Crippen LogP contribution in [0.3, 0.4) is 0 Å². The quantitative estimate of drug-likeness (QED) is 0.0478. The van der Waals surface area contributed by atoms with Gasteiger partial charge in [0.25, 0.3) is 0 Å². The highest BCUT2D eigenvalue weighted by atomic mass is 31.2. The number of phosphoric acid groups is 1. The smallest absolute Gasteiger partial charge is 0.314 e. The lowest BCUT2D eigenvalue weighted by molar-refractivity contribution is 0.113. The topological polar surface area (TPSA) is 68.8 Å². The van der Waals surface area contributed by atoms with Gasteiger partial charge in [-0.2, -0.15) is 0 Å². The van der Waals surface area contributed by atoms with Crippen LogP contribution in [0.25, 0.3) is 0 Å². The van der Waals surface area contributed by atoms with Crippen LogP contribution in [0.2, 0.25) is 0 Å². The zero-order chi connectivity index (χ0) is 37.0. The van der Waals surface area contributed by atoms with Crippen molar-refractivity contribution in [2.75, 3.05) is 46.0 Å². The van der Waals surface area contributed by atoms with Gasteiger partial charge in [0.05, 0.1) is 19.8 Å². The summed E-state index contributed by atoms with van der Waals surface area (Å²) in [4.78, 5) is 0. The van der Waals surface area contributed by atoms with E-state index in [2.05, 4.69) is 31.4 Å². The summed E-state index contributed by atoms with van der Waals surface area (Å²) < 4.78 is 30.1. The van der Waals surface area contributed by atoms with Crippen molar-refractivity contribution in [1.29, 1.82) is 0 Å². The van der Waals surface area contributed by atoms with Gasteiger partial charge in [-0.3, -0.25) is 13.6 Å². The van der Waals surface area contributed by atoms with E-state index in [1.807, 2.05) is 0 Å². The van der Waals surface area contributed by atoms with Crippen molar-refractivity contribution >= 4 is 7.82 Å². The van der Waals surface area contributed by atoms with E-state index in [0.717, 1.165) is 25.9 Å². The molecule has 0 aromatic rings. The molecule has 0 atom stereocenters. The molecule has 0 bridgehead atoms. The second-order valence-corrected chi connectivity index (χ2v) is 17.1. The van der Waals surface area contributed by atoms with Gasteiger partial charge in [0.15, 0.2) is 0 Å². The fraction of sp³-hybridized carbons (Fsp3) is 1.00. The summed E-state index contributed by atoms with van der Waals surface area (Å²) in [5.41, 5.74) is 0. The monoisotopic (exact) mass is 745 g/mol. The number of phosphoric ester groups is 1. The van der Waals surface area contributed by atoms with Gasteiger partial charge in [-0.05, 0) is 32.4 Å². The van der Waals surface area contributed by atoms with Crippen LogP contribution in [0.15, 0.2) is 0 Å². The molecule has 0 fully saturated rings. The van der Waals surface area contributed by atoms with Crippen molar-refractivity contribution in [3.8, 4) is 0 Å². The lowest BCUT2D eigenvalue weighted by Crippen LogP contribution is -2.22. The predicted octanol–water partition coefficient (Wildman–Crippen LogP) is 14.6. The molecular weight excluding hydrogens is 651 g/mol. The van der Waals surface area contributed by atoms with Gasteiger partial charge in [0, 0.05) is 13.1 Å². The second kappa shape index (κ2) is 44.4. The minimum Gasteiger partial charge on any atom is -0.314 e. The van der Waals surface area contributed by atoms with E-state index in [0.29, 0.717) is 32.9 Å². The van der Waals surface area contributed by atoms with Crippen LogP contribution in [0.5, 0.6) is 0 Å². The largest absolute Gasteiger partial charge is 0.474 e. The maximum absolute atomic E-state index is 13.1. The first-order valence-electron chi connectivity index (χ1n) is 23.1. The normalized spacial score (nSPS) is 12.0. The molecule has 0 aliphatic rings. The summed E-state index contributed by atoms with van der Waals surface area (Å²) in [6.45, 7) is 11.1. The lowest BCUT2D eigenvalue weighted by atomic mass is 10.0. The molecule has 0 heterocycles. The highest BCUT2D eigenvalue weighted by Gasteiger charge is 2.26. The molecule has 0 rings (SSSR count). The Bertz CT molecular complexity index is 636. The fourth-order valence-corrected chi connectivity index (χ4v) is 7.94. The lowest BCUT2D eigenvalue weighted by Gasteiger charge is -2.18. The maximum atomic E-state index is 13.1. The third kappa shape index (κ3) is 42.6. The summed E-state index contributed by atoms with van der Waals surface area (Å²) in [6, 6.07) is 0. The van der Waals surface area contributed by atoms with Crippen LogP contribution in [0, 0.1) is 0 Å². The molecule has 0 spiro atoms. The summed E-state index contributed by atoms with van der Waals surface area (Å²) in [6.07, 6.45) is 46.3. The zero-order valence-corrected chi connectivity index (χ0v) is 36.0. The van der Waals surface area contributed by atoms with Crippen LogP contribution >= 0.6 is 7.82 Å². The molecule has 0 saturated heterocycles.